The lowest BCUT2D eigenvalue weighted by molar-refractivity contribution is 0.286. The summed E-state index contributed by atoms with van der Waals surface area (Å²) in [6.07, 6.45) is 1.91. The normalized spacial score (nSPS) is 11.2. The van der Waals surface area contributed by atoms with E-state index < -0.39 is 0 Å². The van der Waals surface area contributed by atoms with E-state index in [0.29, 0.717) is 11.6 Å². The van der Waals surface area contributed by atoms with E-state index in [2.05, 4.69) is 13.8 Å². The Morgan fingerprint density at radius 2 is 2.00 bits per heavy atom. The molecule has 1 aromatic carbocycles. The molecule has 0 saturated carbocycles. The summed E-state index contributed by atoms with van der Waals surface area (Å²) in [6, 6.07) is 8.04. The summed E-state index contributed by atoms with van der Waals surface area (Å²) in [5.74, 6) is 0.959. The summed E-state index contributed by atoms with van der Waals surface area (Å²) in [6.45, 7) is 6.90. The number of rotatable bonds is 6. The molecule has 3 heteroatoms. The van der Waals surface area contributed by atoms with E-state index in [1.165, 1.54) is 5.56 Å². The molecule has 0 aliphatic carbocycles. The van der Waals surface area contributed by atoms with Crippen LogP contribution >= 0.6 is 12.2 Å². The SMILES string of the molecule is Cc1ccccc1OCCCC(C)(C)C(N)=S. The van der Waals surface area contributed by atoms with Crippen molar-refractivity contribution in [3.05, 3.63) is 29.8 Å². The van der Waals surface area contributed by atoms with Crippen LogP contribution in [0.15, 0.2) is 24.3 Å². The maximum Gasteiger partial charge on any atom is 0.122 e. The van der Waals surface area contributed by atoms with Gasteiger partial charge in [-0.3, -0.25) is 0 Å². The van der Waals surface area contributed by atoms with Gasteiger partial charge in [-0.1, -0.05) is 44.3 Å². The molecular weight excluding hydrogens is 230 g/mol. The molecule has 0 aliphatic heterocycles. The van der Waals surface area contributed by atoms with Crippen LogP contribution in [0.2, 0.25) is 0 Å². The van der Waals surface area contributed by atoms with Gasteiger partial charge >= 0.3 is 0 Å². The summed E-state index contributed by atoms with van der Waals surface area (Å²) in [7, 11) is 0. The molecule has 0 radical (unpaired) electrons. The smallest absolute Gasteiger partial charge is 0.122 e. The van der Waals surface area contributed by atoms with E-state index in [-0.39, 0.29) is 5.41 Å². The maximum atomic E-state index is 5.73. The molecule has 2 nitrogen and oxygen atoms in total. The molecule has 1 aromatic rings. The maximum absolute atomic E-state index is 5.73. The minimum absolute atomic E-state index is 0.0789. The molecule has 0 heterocycles. The van der Waals surface area contributed by atoms with Crippen LogP contribution in [-0.2, 0) is 0 Å². The van der Waals surface area contributed by atoms with E-state index >= 15 is 0 Å². The second-order valence-corrected chi connectivity index (χ2v) is 5.41. The Morgan fingerprint density at radius 3 is 2.59 bits per heavy atom. The van der Waals surface area contributed by atoms with Gasteiger partial charge in [-0.05, 0) is 31.4 Å². The standard InChI is InChI=1S/C14H21NOS/c1-11-7-4-5-8-12(11)16-10-6-9-14(2,3)13(15)17/h4-5,7-8H,6,9-10H2,1-3H3,(H2,15,17). The Hall–Kier alpha value is -1.09. The predicted molar refractivity (Wildman–Crippen MR) is 76.5 cm³/mol. The highest BCUT2D eigenvalue weighted by atomic mass is 32.1. The lowest BCUT2D eigenvalue weighted by atomic mass is 9.88. The van der Waals surface area contributed by atoms with Gasteiger partial charge in [0.15, 0.2) is 0 Å². The quantitative estimate of drug-likeness (QED) is 0.621. The highest BCUT2D eigenvalue weighted by molar-refractivity contribution is 7.80. The van der Waals surface area contributed by atoms with Crippen LogP contribution in [0.25, 0.3) is 0 Å². The van der Waals surface area contributed by atoms with Gasteiger partial charge in [0, 0.05) is 5.41 Å². The van der Waals surface area contributed by atoms with Crippen molar-refractivity contribution in [1.82, 2.24) is 0 Å². The first kappa shape index (κ1) is 14.0. The lowest BCUT2D eigenvalue weighted by Crippen LogP contribution is -2.30. The first-order valence-electron chi connectivity index (χ1n) is 5.92. The van der Waals surface area contributed by atoms with Crippen molar-refractivity contribution in [3.63, 3.8) is 0 Å². The van der Waals surface area contributed by atoms with Gasteiger partial charge in [-0.2, -0.15) is 0 Å². The fourth-order valence-corrected chi connectivity index (χ4v) is 1.64. The predicted octanol–water partition coefficient (Wildman–Crippen LogP) is 3.47. The van der Waals surface area contributed by atoms with E-state index in [9.17, 15) is 0 Å². The molecule has 94 valence electrons. The molecule has 0 saturated heterocycles. The van der Waals surface area contributed by atoms with Crippen LogP contribution in [0.5, 0.6) is 5.75 Å². The minimum Gasteiger partial charge on any atom is -0.493 e. The van der Waals surface area contributed by atoms with Crippen molar-refractivity contribution in [3.8, 4) is 5.75 Å². The third-order valence-corrected chi connectivity index (χ3v) is 3.52. The highest BCUT2D eigenvalue weighted by Crippen LogP contribution is 2.23. The summed E-state index contributed by atoms with van der Waals surface area (Å²) >= 11 is 5.03. The highest BCUT2D eigenvalue weighted by Gasteiger charge is 2.20. The monoisotopic (exact) mass is 251 g/mol. The van der Waals surface area contributed by atoms with E-state index in [0.717, 1.165) is 18.6 Å². The molecule has 0 fully saturated rings. The van der Waals surface area contributed by atoms with Crippen LogP contribution in [0.1, 0.15) is 32.3 Å². The van der Waals surface area contributed by atoms with Gasteiger partial charge in [0.2, 0.25) is 0 Å². The number of aryl methyl sites for hydroxylation is 1. The Morgan fingerprint density at radius 1 is 1.35 bits per heavy atom. The van der Waals surface area contributed by atoms with Crippen LogP contribution in [0, 0.1) is 12.3 Å². The fraction of sp³-hybridized carbons (Fsp3) is 0.500. The van der Waals surface area contributed by atoms with Crippen LogP contribution in [-0.4, -0.2) is 11.6 Å². The number of thiocarbonyl (C=S) groups is 1. The lowest BCUT2D eigenvalue weighted by Gasteiger charge is -2.22. The second kappa shape index (κ2) is 6.01. The molecule has 0 spiro atoms. The van der Waals surface area contributed by atoms with Gasteiger partial charge in [0.05, 0.1) is 11.6 Å². The molecule has 0 unspecified atom stereocenters. The second-order valence-electron chi connectivity index (χ2n) is 4.97. The summed E-state index contributed by atoms with van der Waals surface area (Å²) < 4.78 is 5.73. The van der Waals surface area contributed by atoms with Gasteiger partial charge in [-0.15, -0.1) is 0 Å². The van der Waals surface area contributed by atoms with Crippen LogP contribution < -0.4 is 10.5 Å². The molecular formula is C14H21NOS. The zero-order chi connectivity index (χ0) is 12.9. The molecule has 0 aromatic heterocycles. The Bertz CT molecular complexity index is 388. The van der Waals surface area contributed by atoms with E-state index in [1.807, 2.05) is 31.2 Å². The van der Waals surface area contributed by atoms with Crippen molar-refractivity contribution in [1.29, 1.82) is 0 Å². The number of hydrogen-bond donors (Lipinski definition) is 1. The van der Waals surface area contributed by atoms with Gasteiger partial charge < -0.3 is 10.5 Å². The van der Waals surface area contributed by atoms with Crippen LogP contribution in [0.3, 0.4) is 0 Å². The fourth-order valence-electron chi connectivity index (χ4n) is 1.54. The summed E-state index contributed by atoms with van der Waals surface area (Å²) in [5.41, 5.74) is 6.77. The first-order valence-corrected chi connectivity index (χ1v) is 6.32. The molecule has 0 aliphatic rings. The van der Waals surface area contributed by atoms with Crippen molar-refractivity contribution in [2.45, 2.75) is 33.6 Å². The summed E-state index contributed by atoms with van der Waals surface area (Å²) in [5, 5.41) is 0. The molecule has 17 heavy (non-hydrogen) atoms. The molecule has 0 atom stereocenters. The average Bonchev–Trinajstić information content (AvgIpc) is 2.26. The zero-order valence-electron chi connectivity index (χ0n) is 10.8. The van der Waals surface area contributed by atoms with E-state index in [4.69, 9.17) is 22.7 Å². The van der Waals surface area contributed by atoms with Crippen molar-refractivity contribution >= 4 is 17.2 Å². The molecule has 2 N–H and O–H groups in total. The number of ether oxygens (including phenoxy) is 1. The number of nitrogens with two attached hydrogens (primary N) is 1. The topological polar surface area (TPSA) is 35.2 Å². The number of hydrogen-bond acceptors (Lipinski definition) is 2. The Balaban J connectivity index is 2.35. The van der Waals surface area contributed by atoms with Crippen molar-refractivity contribution in [2.75, 3.05) is 6.61 Å². The average molecular weight is 251 g/mol. The largest absolute Gasteiger partial charge is 0.493 e. The van der Waals surface area contributed by atoms with Gasteiger partial charge in [-0.25, -0.2) is 0 Å². The zero-order valence-corrected chi connectivity index (χ0v) is 11.6. The third kappa shape index (κ3) is 4.35. The number of para-hydroxylation sites is 1. The summed E-state index contributed by atoms with van der Waals surface area (Å²) in [4.78, 5) is 0.577. The van der Waals surface area contributed by atoms with E-state index in [1.54, 1.807) is 0 Å². The first-order chi connectivity index (χ1) is 7.93. The van der Waals surface area contributed by atoms with Gasteiger partial charge in [0.1, 0.15) is 5.75 Å². The van der Waals surface area contributed by atoms with Crippen LogP contribution in [0.4, 0.5) is 0 Å². The molecule has 0 amide bonds. The van der Waals surface area contributed by atoms with Crippen molar-refractivity contribution < 1.29 is 4.74 Å². The van der Waals surface area contributed by atoms with Gasteiger partial charge in [0.25, 0.3) is 0 Å². The van der Waals surface area contributed by atoms with Crippen molar-refractivity contribution in [2.24, 2.45) is 11.1 Å². The Labute approximate surface area is 109 Å². The molecule has 1 rings (SSSR count). The number of benzene rings is 1. The minimum atomic E-state index is -0.0789. The molecule has 0 bridgehead atoms. The third-order valence-electron chi connectivity index (χ3n) is 2.96. The Kier molecular flexibility index (Phi) is 4.94.